The molecule has 0 aromatic heterocycles. The van der Waals surface area contributed by atoms with Gasteiger partial charge in [-0.2, -0.15) is 0 Å². The first-order valence-electron chi connectivity index (χ1n) is 5.33. The van der Waals surface area contributed by atoms with Crippen molar-refractivity contribution in [1.29, 1.82) is 0 Å². The fraction of sp³-hybridized carbons (Fsp3) is 0.500. The van der Waals surface area contributed by atoms with E-state index in [1.165, 1.54) is 0 Å². The highest BCUT2D eigenvalue weighted by atomic mass is 79.9. The van der Waals surface area contributed by atoms with Crippen molar-refractivity contribution < 1.29 is 9.47 Å². The molecule has 3 nitrogen and oxygen atoms in total. The van der Waals surface area contributed by atoms with E-state index in [0.29, 0.717) is 19.8 Å². The highest BCUT2D eigenvalue weighted by Crippen LogP contribution is 2.20. The number of hydrogen-bond acceptors (Lipinski definition) is 3. The van der Waals surface area contributed by atoms with Crippen LogP contribution in [0.1, 0.15) is 19.4 Å². The van der Waals surface area contributed by atoms with E-state index < -0.39 is 0 Å². The van der Waals surface area contributed by atoms with E-state index in [1.54, 1.807) is 0 Å². The Morgan fingerprint density at radius 3 is 2.69 bits per heavy atom. The Morgan fingerprint density at radius 1 is 1.31 bits per heavy atom. The second-order valence-electron chi connectivity index (χ2n) is 3.82. The van der Waals surface area contributed by atoms with Crippen LogP contribution in [0.4, 0.5) is 5.69 Å². The molecule has 16 heavy (non-hydrogen) atoms. The molecule has 0 bridgehead atoms. The number of ether oxygens (including phenoxy) is 2. The van der Waals surface area contributed by atoms with Crippen molar-refractivity contribution >= 4 is 21.6 Å². The van der Waals surface area contributed by atoms with Gasteiger partial charge in [0, 0.05) is 10.2 Å². The van der Waals surface area contributed by atoms with Crippen molar-refractivity contribution in [2.45, 2.75) is 26.6 Å². The predicted molar refractivity (Wildman–Crippen MR) is 69.3 cm³/mol. The molecule has 1 aromatic carbocycles. The lowest BCUT2D eigenvalue weighted by Gasteiger charge is -2.09. The number of hydrogen-bond donors (Lipinski definition) is 1. The maximum atomic E-state index is 5.65. The highest BCUT2D eigenvalue weighted by molar-refractivity contribution is 9.10. The van der Waals surface area contributed by atoms with Crippen molar-refractivity contribution in [1.82, 2.24) is 0 Å². The van der Waals surface area contributed by atoms with Gasteiger partial charge in [0.2, 0.25) is 0 Å². The molecule has 1 rings (SSSR count). The standard InChI is InChI=1S/C12H18BrNO2/c1-9(2)16-6-5-15-8-10-3-4-11(14)7-12(10)13/h3-4,7,9H,5-6,8,14H2,1-2H3. The number of benzene rings is 1. The minimum absolute atomic E-state index is 0.256. The molecule has 0 aliphatic carbocycles. The summed E-state index contributed by atoms with van der Waals surface area (Å²) in [4.78, 5) is 0. The fourth-order valence-corrected chi connectivity index (χ4v) is 1.72. The van der Waals surface area contributed by atoms with Crippen molar-refractivity contribution in [3.05, 3.63) is 28.2 Å². The van der Waals surface area contributed by atoms with Crippen molar-refractivity contribution in [3.63, 3.8) is 0 Å². The summed E-state index contributed by atoms with van der Waals surface area (Å²) in [5.41, 5.74) is 7.49. The Hall–Kier alpha value is -0.580. The van der Waals surface area contributed by atoms with E-state index in [1.807, 2.05) is 32.0 Å². The van der Waals surface area contributed by atoms with Crippen LogP contribution in [0.2, 0.25) is 0 Å². The average molecular weight is 288 g/mol. The Morgan fingerprint density at radius 2 is 2.06 bits per heavy atom. The van der Waals surface area contributed by atoms with Gasteiger partial charge in [0.25, 0.3) is 0 Å². The molecule has 0 fully saturated rings. The maximum Gasteiger partial charge on any atom is 0.0729 e. The van der Waals surface area contributed by atoms with Gasteiger partial charge < -0.3 is 15.2 Å². The van der Waals surface area contributed by atoms with E-state index in [2.05, 4.69) is 15.9 Å². The lowest BCUT2D eigenvalue weighted by molar-refractivity contribution is 0.0142. The van der Waals surface area contributed by atoms with Gasteiger partial charge in [0.15, 0.2) is 0 Å². The van der Waals surface area contributed by atoms with Gasteiger partial charge in [-0.15, -0.1) is 0 Å². The van der Waals surface area contributed by atoms with Crippen molar-refractivity contribution in [2.24, 2.45) is 0 Å². The largest absolute Gasteiger partial charge is 0.399 e. The summed E-state index contributed by atoms with van der Waals surface area (Å²) in [7, 11) is 0. The minimum atomic E-state index is 0.256. The molecule has 0 unspecified atom stereocenters. The number of anilines is 1. The number of halogens is 1. The third kappa shape index (κ3) is 4.96. The van der Waals surface area contributed by atoms with Crippen LogP contribution in [-0.4, -0.2) is 19.3 Å². The molecule has 1 aromatic rings. The van der Waals surface area contributed by atoms with Crippen LogP contribution >= 0.6 is 15.9 Å². The zero-order chi connectivity index (χ0) is 12.0. The topological polar surface area (TPSA) is 44.5 Å². The second kappa shape index (κ2) is 6.89. The number of nitrogen functional groups attached to an aromatic ring is 1. The van der Waals surface area contributed by atoms with E-state index in [-0.39, 0.29) is 6.10 Å². The normalized spacial score (nSPS) is 11.0. The molecule has 0 amide bonds. The summed E-state index contributed by atoms with van der Waals surface area (Å²) in [5, 5.41) is 0. The van der Waals surface area contributed by atoms with Crippen LogP contribution < -0.4 is 5.73 Å². The lowest BCUT2D eigenvalue weighted by Crippen LogP contribution is -2.09. The fourth-order valence-electron chi connectivity index (χ4n) is 1.21. The lowest BCUT2D eigenvalue weighted by atomic mass is 10.2. The van der Waals surface area contributed by atoms with E-state index in [0.717, 1.165) is 15.7 Å². The predicted octanol–water partition coefficient (Wildman–Crippen LogP) is 2.97. The molecule has 0 saturated heterocycles. The van der Waals surface area contributed by atoms with Gasteiger partial charge in [0.05, 0.1) is 25.9 Å². The van der Waals surface area contributed by atoms with Crippen LogP contribution in [0.15, 0.2) is 22.7 Å². The molecular weight excluding hydrogens is 270 g/mol. The molecule has 90 valence electrons. The summed E-state index contributed by atoms with van der Waals surface area (Å²) in [6, 6.07) is 5.71. The van der Waals surface area contributed by atoms with Gasteiger partial charge >= 0.3 is 0 Å². The molecule has 4 heteroatoms. The molecule has 2 N–H and O–H groups in total. The van der Waals surface area contributed by atoms with Gasteiger partial charge in [0.1, 0.15) is 0 Å². The van der Waals surface area contributed by atoms with Gasteiger partial charge in [-0.1, -0.05) is 22.0 Å². The monoisotopic (exact) mass is 287 g/mol. The molecule has 0 aliphatic heterocycles. The first-order chi connectivity index (χ1) is 7.59. The van der Waals surface area contributed by atoms with Crippen LogP contribution in [0.25, 0.3) is 0 Å². The maximum absolute atomic E-state index is 5.65. The zero-order valence-electron chi connectivity index (χ0n) is 9.70. The summed E-state index contributed by atoms with van der Waals surface area (Å²) in [6.07, 6.45) is 0.256. The molecule has 0 heterocycles. The summed E-state index contributed by atoms with van der Waals surface area (Å²) in [5.74, 6) is 0. The molecule has 0 spiro atoms. The van der Waals surface area contributed by atoms with E-state index in [4.69, 9.17) is 15.2 Å². The quantitative estimate of drug-likeness (QED) is 0.646. The highest BCUT2D eigenvalue weighted by Gasteiger charge is 2.00. The van der Waals surface area contributed by atoms with Gasteiger partial charge in [-0.05, 0) is 31.5 Å². The van der Waals surface area contributed by atoms with Gasteiger partial charge in [-0.25, -0.2) is 0 Å². The van der Waals surface area contributed by atoms with Crippen molar-refractivity contribution in [3.8, 4) is 0 Å². The molecule has 0 aliphatic rings. The first kappa shape index (κ1) is 13.5. The molecule has 0 saturated carbocycles. The summed E-state index contributed by atoms with van der Waals surface area (Å²) in [6.45, 7) is 5.83. The Balaban J connectivity index is 2.27. The van der Waals surface area contributed by atoms with E-state index in [9.17, 15) is 0 Å². The Bertz CT molecular complexity index is 329. The molecule has 0 atom stereocenters. The summed E-state index contributed by atoms with van der Waals surface area (Å²) >= 11 is 3.45. The van der Waals surface area contributed by atoms with Crippen LogP contribution in [-0.2, 0) is 16.1 Å². The Kier molecular flexibility index (Phi) is 5.80. The SMILES string of the molecule is CC(C)OCCOCc1ccc(N)cc1Br. The van der Waals surface area contributed by atoms with E-state index >= 15 is 0 Å². The second-order valence-corrected chi connectivity index (χ2v) is 4.68. The smallest absolute Gasteiger partial charge is 0.0729 e. The Labute approximate surface area is 105 Å². The summed E-state index contributed by atoms with van der Waals surface area (Å²) < 4.78 is 11.9. The van der Waals surface area contributed by atoms with Crippen LogP contribution in [0.3, 0.4) is 0 Å². The number of nitrogens with two attached hydrogens (primary N) is 1. The number of rotatable bonds is 6. The van der Waals surface area contributed by atoms with Gasteiger partial charge in [-0.3, -0.25) is 0 Å². The first-order valence-corrected chi connectivity index (χ1v) is 6.12. The van der Waals surface area contributed by atoms with Crippen LogP contribution in [0, 0.1) is 0 Å². The third-order valence-electron chi connectivity index (χ3n) is 2.01. The minimum Gasteiger partial charge on any atom is -0.399 e. The molecule has 0 radical (unpaired) electrons. The third-order valence-corrected chi connectivity index (χ3v) is 2.75. The van der Waals surface area contributed by atoms with Crippen molar-refractivity contribution in [2.75, 3.05) is 18.9 Å². The molecular formula is C12H18BrNO2. The average Bonchev–Trinajstić information content (AvgIpc) is 2.20. The zero-order valence-corrected chi connectivity index (χ0v) is 11.3. The van der Waals surface area contributed by atoms with Crippen LogP contribution in [0.5, 0.6) is 0 Å².